The van der Waals surface area contributed by atoms with Crippen LogP contribution in [-0.2, 0) is 11.2 Å². The fraction of sp³-hybridized carbons (Fsp3) is 0.400. The topological polar surface area (TPSA) is 49.8 Å². The van der Waals surface area contributed by atoms with Crippen LogP contribution in [-0.4, -0.2) is 29.3 Å². The summed E-state index contributed by atoms with van der Waals surface area (Å²) in [5, 5.41) is 10.5. The highest BCUT2D eigenvalue weighted by Crippen LogP contribution is 2.29. The Morgan fingerprint density at radius 2 is 2.16 bits per heavy atom. The van der Waals surface area contributed by atoms with Crippen LogP contribution < -0.4 is 4.74 Å². The molecule has 0 spiro atoms. The highest BCUT2D eigenvalue weighted by molar-refractivity contribution is 5.73. The van der Waals surface area contributed by atoms with Crippen LogP contribution in [0.1, 0.15) is 31.4 Å². The van der Waals surface area contributed by atoms with Crippen molar-refractivity contribution in [1.82, 2.24) is 5.06 Å². The molecule has 1 aliphatic carbocycles. The van der Waals surface area contributed by atoms with Crippen molar-refractivity contribution in [3.8, 4) is 5.75 Å². The SMILES string of the molecule is COc1ccc2c(c1)CCC(C(C)N(O)C(C)=O)=C2. The summed E-state index contributed by atoms with van der Waals surface area (Å²) in [5.41, 5.74) is 3.43. The van der Waals surface area contributed by atoms with Gasteiger partial charge in [0.1, 0.15) is 5.75 Å². The maximum Gasteiger partial charge on any atom is 0.243 e. The van der Waals surface area contributed by atoms with Gasteiger partial charge < -0.3 is 4.74 Å². The van der Waals surface area contributed by atoms with Crippen molar-refractivity contribution in [2.75, 3.05) is 7.11 Å². The van der Waals surface area contributed by atoms with Gasteiger partial charge in [0.2, 0.25) is 5.91 Å². The number of aryl methyl sites for hydroxylation is 1. The average Bonchev–Trinajstić information content (AvgIpc) is 2.44. The van der Waals surface area contributed by atoms with E-state index in [1.165, 1.54) is 12.5 Å². The van der Waals surface area contributed by atoms with Crippen molar-refractivity contribution in [3.05, 3.63) is 34.9 Å². The smallest absolute Gasteiger partial charge is 0.243 e. The Hall–Kier alpha value is -1.81. The molecule has 2 rings (SSSR count). The fourth-order valence-corrected chi connectivity index (χ4v) is 2.38. The summed E-state index contributed by atoms with van der Waals surface area (Å²) in [4.78, 5) is 11.2. The third kappa shape index (κ3) is 2.79. The van der Waals surface area contributed by atoms with E-state index in [1.807, 2.05) is 25.1 Å². The van der Waals surface area contributed by atoms with Gasteiger partial charge in [-0.3, -0.25) is 10.0 Å². The van der Waals surface area contributed by atoms with Crippen LogP contribution in [0.2, 0.25) is 0 Å². The third-order valence-corrected chi connectivity index (χ3v) is 3.60. The molecule has 1 aromatic rings. The molecule has 1 aliphatic rings. The van der Waals surface area contributed by atoms with Gasteiger partial charge in [-0.05, 0) is 48.6 Å². The number of methoxy groups -OCH3 is 1. The Kier molecular flexibility index (Phi) is 3.90. The minimum Gasteiger partial charge on any atom is -0.497 e. The van der Waals surface area contributed by atoms with Crippen molar-refractivity contribution in [2.45, 2.75) is 32.7 Å². The average molecular weight is 261 g/mol. The van der Waals surface area contributed by atoms with Gasteiger partial charge in [0.15, 0.2) is 0 Å². The lowest BCUT2D eigenvalue weighted by Crippen LogP contribution is -2.35. The van der Waals surface area contributed by atoms with Crippen molar-refractivity contribution >= 4 is 12.0 Å². The van der Waals surface area contributed by atoms with E-state index in [0.717, 1.165) is 34.8 Å². The van der Waals surface area contributed by atoms with Crippen LogP contribution >= 0.6 is 0 Å². The molecule has 0 aliphatic heterocycles. The van der Waals surface area contributed by atoms with Crippen LogP contribution in [0.5, 0.6) is 5.75 Å². The lowest BCUT2D eigenvalue weighted by Gasteiger charge is -2.27. The molecule has 1 aromatic carbocycles. The molecule has 1 unspecified atom stereocenters. The van der Waals surface area contributed by atoms with E-state index < -0.39 is 0 Å². The number of hydroxylamine groups is 2. The van der Waals surface area contributed by atoms with Crippen molar-refractivity contribution in [2.24, 2.45) is 0 Å². The van der Waals surface area contributed by atoms with E-state index >= 15 is 0 Å². The predicted octanol–water partition coefficient (Wildman–Crippen LogP) is 2.65. The quantitative estimate of drug-likeness (QED) is 0.672. The van der Waals surface area contributed by atoms with E-state index in [1.54, 1.807) is 7.11 Å². The van der Waals surface area contributed by atoms with Gasteiger partial charge >= 0.3 is 0 Å². The number of benzene rings is 1. The molecular formula is C15H19NO3. The predicted molar refractivity (Wildman–Crippen MR) is 73.1 cm³/mol. The molecule has 102 valence electrons. The molecule has 0 saturated carbocycles. The first-order chi connectivity index (χ1) is 9.02. The summed E-state index contributed by atoms with van der Waals surface area (Å²) in [5.74, 6) is 0.519. The number of carbonyl (C=O) groups is 1. The molecule has 4 heteroatoms. The van der Waals surface area contributed by atoms with Crippen molar-refractivity contribution < 1.29 is 14.7 Å². The summed E-state index contributed by atoms with van der Waals surface area (Å²) in [6.07, 6.45) is 3.79. The zero-order valence-corrected chi connectivity index (χ0v) is 11.5. The molecule has 19 heavy (non-hydrogen) atoms. The molecule has 1 N–H and O–H groups in total. The Morgan fingerprint density at radius 1 is 1.42 bits per heavy atom. The van der Waals surface area contributed by atoms with Gasteiger partial charge in [0.05, 0.1) is 13.2 Å². The standard InChI is InChI=1S/C15H19NO3/c1-10(16(18)11(2)17)12-4-5-14-9-15(19-3)7-6-13(14)8-12/h6-10,18H,4-5H2,1-3H3. The second kappa shape index (κ2) is 5.45. The first-order valence-corrected chi connectivity index (χ1v) is 6.39. The van der Waals surface area contributed by atoms with Gasteiger partial charge in [0.25, 0.3) is 0 Å². The number of hydrogen-bond donors (Lipinski definition) is 1. The maximum absolute atomic E-state index is 11.2. The fourth-order valence-electron chi connectivity index (χ4n) is 2.38. The van der Waals surface area contributed by atoms with Gasteiger partial charge in [0, 0.05) is 6.92 Å². The second-order valence-electron chi connectivity index (χ2n) is 4.82. The molecule has 0 fully saturated rings. The van der Waals surface area contributed by atoms with Crippen LogP contribution in [0, 0.1) is 0 Å². The first-order valence-electron chi connectivity index (χ1n) is 6.39. The third-order valence-electron chi connectivity index (χ3n) is 3.60. The summed E-state index contributed by atoms with van der Waals surface area (Å²) in [7, 11) is 1.66. The molecular weight excluding hydrogens is 242 g/mol. The minimum atomic E-state index is -0.339. The number of hydrogen-bond acceptors (Lipinski definition) is 3. The Balaban J connectivity index is 2.26. The van der Waals surface area contributed by atoms with E-state index in [2.05, 4.69) is 6.08 Å². The molecule has 0 heterocycles. The molecule has 0 radical (unpaired) electrons. The summed E-state index contributed by atoms with van der Waals surface area (Å²) >= 11 is 0. The van der Waals surface area contributed by atoms with Crippen LogP contribution in [0.3, 0.4) is 0 Å². The Labute approximate surface area is 113 Å². The van der Waals surface area contributed by atoms with Crippen LogP contribution in [0.15, 0.2) is 23.8 Å². The number of ether oxygens (including phenoxy) is 1. The summed E-state index contributed by atoms with van der Waals surface area (Å²) in [6, 6.07) is 5.68. The Morgan fingerprint density at radius 3 is 2.79 bits per heavy atom. The van der Waals surface area contributed by atoms with Crippen molar-refractivity contribution in [3.63, 3.8) is 0 Å². The largest absolute Gasteiger partial charge is 0.497 e. The van der Waals surface area contributed by atoms with Gasteiger partial charge in [-0.15, -0.1) is 0 Å². The molecule has 0 aromatic heterocycles. The van der Waals surface area contributed by atoms with Crippen molar-refractivity contribution in [1.29, 1.82) is 0 Å². The lowest BCUT2D eigenvalue weighted by atomic mass is 9.89. The zero-order chi connectivity index (χ0) is 14.0. The highest BCUT2D eigenvalue weighted by atomic mass is 16.5. The Bertz CT molecular complexity index is 522. The molecule has 4 nitrogen and oxygen atoms in total. The molecule has 1 atom stereocenters. The second-order valence-corrected chi connectivity index (χ2v) is 4.82. The minimum absolute atomic E-state index is 0.284. The number of carbonyl (C=O) groups excluding carboxylic acids is 1. The molecule has 0 bridgehead atoms. The van der Waals surface area contributed by atoms with Crippen LogP contribution in [0.4, 0.5) is 0 Å². The monoisotopic (exact) mass is 261 g/mol. The molecule has 1 amide bonds. The summed E-state index contributed by atoms with van der Waals surface area (Å²) < 4.78 is 5.21. The van der Waals surface area contributed by atoms with Gasteiger partial charge in [-0.2, -0.15) is 0 Å². The zero-order valence-electron chi connectivity index (χ0n) is 11.5. The molecule has 0 saturated heterocycles. The van der Waals surface area contributed by atoms with E-state index in [0.29, 0.717) is 0 Å². The van der Waals surface area contributed by atoms with E-state index in [4.69, 9.17) is 4.74 Å². The normalized spacial score (nSPS) is 15.3. The number of nitrogens with zero attached hydrogens (tertiary/aromatic N) is 1. The van der Waals surface area contributed by atoms with Gasteiger partial charge in [-0.25, -0.2) is 5.06 Å². The first kappa shape index (κ1) is 13.6. The van der Waals surface area contributed by atoms with E-state index in [-0.39, 0.29) is 11.9 Å². The number of amides is 1. The number of rotatable bonds is 3. The highest BCUT2D eigenvalue weighted by Gasteiger charge is 2.21. The van der Waals surface area contributed by atoms with Gasteiger partial charge in [-0.1, -0.05) is 12.1 Å². The maximum atomic E-state index is 11.2. The number of fused-ring (bicyclic) bond motifs is 1. The van der Waals surface area contributed by atoms with Crippen LogP contribution in [0.25, 0.3) is 6.08 Å². The summed E-state index contributed by atoms with van der Waals surface area (Å²) in [6.45, 7) is 3.19. The van der Waals surface area contributed by atoms with E-state index in [9.17, 15) is 10.0 Å². The lowest BCUT2D eigenvalue weighted by molar-refractivity contribution is -0.168.